The monoisotopic (exact) mass is 488 g/mol. The Kier molecular flexibility index (Phi) is 8.22. The van der Waals surface area contributed by atoms with E-state index < -0.39 is 5.97 Å². The van der Waals surface area contributed by atoms with E-state index in [0.717, 1.165) is 22.9 Å². The number of hydrogen-bond acceptors (Lipinski definition) is 7. The predicted molar refractivity (Wildman–Crippen MR) is 137 cm³/mol. The Balaban J connectivity index is 1.67. The van der Waals surface area contributed by atoms with Crippen LogP contribution in [0.3, 0.4) is 0 Å². The van der Waals surface area contributed by atoms with Crippen LogP contribution >= 0.6 is 0 Å². The zero-order valence-corrected chi connectivity index (χ0v) is 21.0. The zero-order chi connectivity index (χ0) is 25.5. The van der Waals surface area contributed by atoms with E-state index >= 15 is 0 Å². The number of pyridine rings is 1. The first-order valence-electron chi connectivity index (χ1n) is 12.3. The molecular formula is C27H32N6O3. The summed E-state index contributed by atoms with van der Waals surface area (Å²) in [4.78, 5) is 30.4. The number of tetrazole rings is 1. The fraction of sp³-hybridized carbons (Fsp3) is 0.370. The van der Waals surface area contributed by atoms with Crippen LogP contribution in [0.15, 0.2) is 59.4 Å². The lowest BCUT2D eigenvalue weighted by atomic mass is 10.1. The van der Waals surface area contributed by atoms with E-state index in [1.54, 1.807) is 6.92 Å². The first-order chi connectivity index (χ1) is 17.5. The minimum absolute atomic E-state index is 0.0604. The minimum Gasteiger partial charge on any atom is -0.465 e. The fourth-order valence-electron chi connectivity index (χ4n) is 4.45. The first-order valence-corrected chi connectivity index (χ1v) is 12.3. The van der Waals surface area contributed by atoms with Gasteiger partial charge in [-0.1, -0.05) is 49.4 Å². The summed E-state index contributed by atoms with van der Waals surface area (Å²) in [6, 6.07) is 18.0. The molecule has 0 aliphatic heterocycles. The average Bonchev–Trinajstić information content (AvgIpc) is 3.31. The predicted octanol–water partition coefficient (Wildman–Crippen LogP) is 3.58. The number of carbonyl (C=O) groups is 1. The van der Waals surface area contributed by atoms with Gasteiger partial charge in [0.25, 0.3) is 5.56 Å². The smallest absolute Gasteiger partial charge is 0.327 e. The van der Waals surface area contributed by atoms with Crippen molar-refractivity contribution in [1.82, 2.24) is 30.1 Å². The van der Waals surface area contributed by atoms with Crippen molar-refractivity contribution in [2.75, 3.05) is 13.2 Å². The van der Waals surface area contributed by atoms with Gasteiger partial charge < -0.3 is 9.72 Å². The van der Waals surface area contributed by atoms with Crippen LogP contribution in [0.1, 0.15) is 48.8 Å². The molecular weight excluding hydrogens is 456 g/mol. The van der Waals surface area contributed by atoms with Crippen molar-refractivity contribution in [3.8, 4) is 0 Å². The van der Waals surface area contributed by atoms with E-state index in [4.69, 9.17) is 4.74 Å². The number of aromatic amines is 1. The highest BCUT2D eigenvalue weighted by molar-refractivity contribution is 5.79. The molecule has 2 aromatic heterocycles. The molecule has 0 fully saturated rings. The van der Waals surface area contributed by atoms with Crippen LogP contribution in [0.25, 0.3) is 10.9 Å². The number of benzene rings is 2. The number of aryl methyl sites for hydroxylation is 1. The molecule has 1 N–H and O–H groups in total. The normalized spacial score (nSPS) is 12.2. The van der Waals surface area contributed by atoms with Crippen molar-refractivity contribution < 1.29 is 9.53 Å². The molecule has 9 nitrogen and oxygen atoms in total. The van der Waals surface area contributed by atoms with Gasteiger partial charge in [-0.25, -0.2) is 4.68 Å². The Morgan fingerprint density at radius 1 is 1.14 bits per heavy atom. The van der Waals surface area contributed by atoms with Gasteiger partial charge in [0.15, 0.2) is 5.82 Å². The minimum atomic E-state index is -0.391. The lowest BCUT2D eigenvalue weighted by Gasteiger charge is -2.30. The largest absolute Gasteiger partial charge is 0.465 e. The molecule has 0 aliphatic carbocycles. The number of nitrogens with one attached hydrogen (secondary N) is 1. The highest BCUT2D eigenvalue weighted by Crippen LogP contribution is 2.25. The van der Waals surface area contributed by atoms with Crippen molar-refractivity contribution in [2.45, 2.75) is 52.7 Å². The van der Waals surface area contributed by atoms with Gasteiger partial charge in [0.1, 0.15) is 6.54 Å². The molecule has 0 saturated heterocycles. The second kappa shape index (κ2) is 11.7. The average molecular weight is 489 g/mol. The first kappa shape index (κ1) is 25.2. The van der Waals surface area contributed by atoms with Crippen LogP contribution in [0.2, 0.25) is 0 Å². The second-order valence-electron chi connectivity index (χ2n) is 8.84. The Morgan fingerprint density at radius 2 is 1.94 bits per heavy atom. The van der Waals surface area contributed by atoms with E-state index in [2.05, 4.69) is 44.5 Å². The molecule has 1 atom stereocenters. The lowest BCUT2D eigenvalue weighted by Crippen LogP contribution is -2.34. The van der Waals surface area contributed by atoms with Crippen LogP contribution < -0.4 is 5.56 Å². The summed E-state index contributed by atoms with van der Waals surface area (Å²) in [6.07, 6.45) is 1.49. The van der Waals surface area contributed by atoms with E-state index in [-0.39, 0.29) is 18.1 Å². The van der Waals surface area contributed by atoms with Crippen molar-refractivity contribution >= 4 is 16.9 Å². The van der Waals surface area contributed by atoms with Gasteiger partial charge in [-0.3, -0.25) is 14.5 Å². The molecule has 0 saturated carbocycles. The fourth-order valence-corrected chi connectivity index (χ4v) is 4.45. The summed E-state index contributed by atoms with van der Waals surface area (Å²) < 4.78 is 6.59. The van der Waals surface area contributed by atoms with Crippen molar-refractivity contribution in [2.24, 2.45) is 0 Å². The molecule has 9 heteroatoms. The van der Waals surface area contributed by atoms with Crippen LogP contribution in [-0.4, -0.2) is 49.2 Å². The summed E-state index contributed by atoms with van der Waals surface area (Å²) in [5, 5.41) is 13.1. The van der Waals surface area contributed by atoms with E-state index in [1.807, 2.05) is 49.4 Å². The number of esters is 1. The second-order valence-corrected chi connectivity index (χ2v) is 8.84. The van der Waals surface area contributed by atoms with Gasteiger partial charge in [-0.05, 0) is 65.8 Å². The molecule has 0 radical (unpaired) electrons. The molecule has 0 bridgehead atoms. The van der Waals surface area contributed by atoms with Gasteiger partial charge in [0.05, 0.1) is 12.6 Å². The molecule has 4 aromatic rings. The SMILES string of the molecule is CCOC(=O)Cn1nnnc1[C@@H](CC)N(CCc1ccccc1)Cc1cc2ccc(C)cc2[nH]c1=O. The topological polar surface area (TPSA) is 106 Å². The third-order valence-electron chi connectivity index (χ3n) is 6.25. The van der Waals surface area contributed by atoms with Crippen molar-refractivity contribution in [3.63, 3.8) is 0 Å². The number of fused-ring (bicyclic) bond motifs is 1. The summed E-state index contributed by atoms with van der Waals surface area (Å²) in [6.45, 7) is 7.15. The molecule has 2 aromatic carbocycles. The summed E-state index contributed by atoms with van der Waals surface area (Å²) in [7, 11) is 0. The Bertz CT molecular complexity index is 1360. The van der Waals surface area contributed by atoms with Crippen molar-refractivity contribution in [3.05, 3.63) is 87.5 Å². The molecule has 4 rings (SSSR count). The molecule has 0 aliphatic rings. The highest BCUT2D eigenvalue weighted by atomic mass is 16.5. The number of ether oxygens (including phenoxy) is 1. The molecule has 0 amide bonds. The summed E-state index contributed by atoms with van der Waals surface area (Å²) in [5.74, 6) is 0.185. The maximum absolute atomic E-state index is 13.0. The van der Waals surface area contributed by atoms with Gasteiger partial charge >= 0.3 is 5.97 Å². The third-order valence-corrected chi connectivity index (χ3v) is 6.25. The highest BCUT2D eigenvalue weighted by Gasteiger charge is 2.26. The Labute approximate surface area is 210 Å². The van der Waals surface area contributed by atoms with Gasteiger partial charge in [-0.15, -0.1) is 5.10 Å². The van der Waals surface area contributed by atoms with Crippen LogP contribution in [-0.2, 0) is 29.0 Å². The number of aromatic nitrogens is 5. The number of rotatable bonds is 11. The van der Waals surface area contributed by atoms with E-state index in [9.17, 15) is 9.59 Å². The molecule has 0 unspecified atom stereocenters. The molecule has 36 heavy (non-hydrogen) atoms. The number of hydrogen-bond donors (Lipinski definition) is 1. The summed E-state index contributed by atoms with van der Waals surface area (Å²) in [5.41, 5.74) is 3.67. The van der Waals surface area contributed by atoms with Gasteiger partial charge in [0, 0.05) is 24.2 Å². The van der Waals surface area contributed by atoms with Crippen LogP contribution in [0.4, 0.5) is 0 Å². The maximum Gasteiger partial charge on any atom is 0.327 e. The molecule has 2 heterocycles. The molecule has 188 valence electrons. The van der Waals surface area contributed by atoms with Crippen LogP contribution in [0, 0.1) is 6.92 Å². The van der Waals surface area contributed by atoms with Crippen molar-refractivity contribution in [1.29, 1.82) is 0 Å². The van der Waals surface area contributed by atoms with Gasteiger partial charge in [0.2, 0.25) is 0 Å². The quantitative estimate of drug-likeness (QED) is 0.322. The van der Waals surface area contributed by atoms with Crippen LogP contribution in [0.5, 0.6) is 0 Å². The number of nitrogens with zero attached hydrogens (tertiary/aromatic N) is 5. The zero-order valence-electron chi connectivity index (χ0n) is 21.0. The molecule has 0 spiro atoms. The summed E-state index contributed by atoms with van der Waals surface area (Å²) >= 11 is 0. The number of H-pyrrole nitrogens is 1. The maximum atomic E-state index is 13.0. The van der Waals surface area contributed by atoms with Gasteiger partial charge in [-0.2, -0.15) is 0 Å². The Morgan fingerprint density at radius 3 is 2.69 bits per heavy atom. The Hall–Kier alpha value is -3.85. The number of carbonyl (C=O) groups excluding carboxylic acids is 1. The standard InChI is InChI=1S/C27H32N6O3/c1-4-24(26-29-30-31-33(26)18-25(34)36-5-2)32(14-13-20-9-7-6-8-10-20)17-22-16-21-12-11-19(3)15-23(21)28-27(22)35/h6-12,15-16,24H,4-5,13-14,17-18H2,1-3H3,(H,28,35)/t24-/m1/s1. The third kappa shape index (κ3) is 6.04. The lowest BCUT2D eigenvalue weighted by molar-refractivity contribution is -0.144. The van der Waals surface area contributed by atoms with E-state index in [0.29, 0.717) is 37.5 Å². The van der Waals surface area contributed by atoms with E-state index in [1.165, 1.54) is 10.2 Å².